The molecule has 8 nitrogen and oxygen atoms in total. The van der Waals surface area contributed by atoms with Crippen LogP contribution in [0.1, 0.15) is 30.6 Å². The van der Waals surface area contributed by atoms with Gasteiger partial charge in [-0.2, -0.15) is 5.10 Å². The van der Waals surface area contributed by atoms with Gasteiger partial charge in [0.05, 0.1) is 36.4 Å². The normalized spacial score (nSPS) is 21.4. The topological polar surface area (TPSA) is 122 Å². The second-order valence-electron chi connectivity index (χ2n) is 7.48. The van der Waals surface area contributed by atoms with Gasteiger partial charge in [0.25, 0.3) is 0 Å². The predicted octanol–water partition coefficient (Wildman–Crippen LogP) is 3.15. The summed E-state index contributed by atoms with van der Waals surface area (Å²) in [6.07, 6.45) is 2.78. The first-order valence-electron chi connectivity index (χ1n) is 9.38. The molecule has 1 aliphatic carbocycles. The molecule has 1 heterocycles. The quantitative estimate of drug-likeness (QED) is 0.597. The number of carbonyl (C=O) groups excluding carboxylic acids is 2. The highest BCUT2D eigenvalue weighted by atomic mass is 35.5. The Kier molecular flexibility index (Phi) is 5.92. The Labute approximate surface area is 178 Å². The number of aromatic nitrogens is 2. The van der Waals surface area contributed by atoms with E-state index in [-0.39, 0.29) is 47.5 Å². The second-order valence-corrected chi connectivity index (χ2v) is 7.86. The Hall–Kier alpha value is -2.84. The number of halogens is 1. The number of benzene rings is 1. The van der Waals surface area contributed by atoms with E-state index >= 15 is 0 Å². The molecule has 0 radical (unpaired) electrons. The van der Waals surface area contributed by atoms with Gasteiger partial charge in [0.15, 0.2) is 11.6 Å². The number of phenolic OH excluding ortho intramolecular Hbond substituents is 1. The molecule has 0 spiro atoms. The van der Waals surface area contributed by atoms with E-state index in [9.17, 15) is 19.8 Å². The molecule has 0 aliphatic heterocycles. The van der Waals surface area contributed by atoms with Crippen molar-refractivity contribution in [3.63, 3.8) is 0 Å². The number of aromatic hydroxyl groups is 1. The molecular formula is C21H23ClN2O6. The number of hydrogen-bond donors (Lipinski definition) is 3. The average molecular weight is 435 g/mol. The van der Waals surface area contributed by atoms with Crippen LogP contribution in [-0.2, 0) is 11.3 Å². The number of nitrogens with zero attached hydrogens (tertiary/aromatic N) is 2. The maximum atomic E-state index is 13.5. The monoisotopic (exact) mass is 434 g/mol. The maximum Gasteiger partial charge on any atom is 0.184 e. The lowest BCUT2D eigenvalue weighted by molar-refractivity contribution is -0.117. The van der Waals surface area contributed by atoms with E-state index in [2.05, 4.69) is 5.10 Å². The number of hydrogen-bond acceptors (Lipinski definition) is 7. The molecule has 1 aromatic carbocycles. The predicted molar refractivity (Wildman–Crippen MR) is 110 cm³/mol. The zero-order valence-corrected chi connectivity index (χ0v) is 17.6. The highest BCUT2D eigenvalue weighted by molar-refractivity contribution is 6.35. The Morgan fingerprint density at radius 2 is 2.13 bits per heavy atom. The molecule has 2 aromatic rings. The molecule has 9 heteroatoms. The van der Waals surface area contributed by atoms with Crippen LogP contribution >= 0.6 is 11.6 Å². The standard InChI is InChI=1S/C21H23ClN2O6/c1-11-8-12(26)9-16(27)21(11,2)20(29)17-15(30-3)10-13(18(22)19(17)28)14-4-5-24(23-14)6-7-25/h4-5,9-11,25,27-28H,6-8H2,1-3H3/t11-,21-/m1/s1. The van der Waals surface area contributed by atoms with Crippen molar-refractivity contribution < 1.29 is 29.6 Å². The summed E-state index contributed by atoms with van der Waals surface area (Å²) in [5.41, 5.74) is -0.834. The second kappa shape index (κ2) is 8.12. The summed E-state index contributed by atoms with van der Waals surface area (Å²) >= 11 is 6.38. The molecule has 0 amide bonds. The molecule has 1 aliphatic rings. The van der Waals surface area contributed by atoms with E-state index in [0.29, 0.717) is 11.3 Å². The Morgan fingerprint density at radius 1 is 1.43 bits per heavy atom. The third kappa shape index (κ3) is 3.46. The SMILES string of the molecule is COc1cc(-c2ccn(CCO)n2)c(Cl)c(O)c1C(=O)[C@@]1(C)C(O)=CC(=O)C[C@H]1C. The van der Waals surface area contributed by atoms with Crippen molar-refractivity contribution in [2.24, 2.45) is 11.3 Å². The Morgan fingerprint density at radius 3 is 2.73 bits per heavy atom. The van der Waals surface area contributed by atoms with E-state index in [1.54, 1.807) is 19.2 Å². The molecule has 2 atom stereocenters. The van der Waals surface area contributed by atoms with Gasteiger partial charge >= 0.3 is 0 Å². The van der Waals surface area contributed by atoms with E-state index < -0.39 is 22.9 Å². The molecule has 3 N–H and O–H groups in total. The van der Waals surface area contributed by atoms with E-state index in [1.807, 2.05) is 0 Å². The van der Waals surface area contributed by atoms with Gasteiger partial charge in [-0.1, -0.05) is 18.5 Å². The minimum Gasteiger partial charge on any atom is -0.511 e. The van der Waals surface area contributed by atoms with Gasteiger partial charge < -0.3 is 20.1 Å². The first kappa shape index (κ1) is 21.9. The van der Waals surface area contributed by atoms with Crippen LogP contribution in [0.3, 0.4) is 0 Å². The summed E-state index contributed by atoms with van der Waals surface area (Å²) in [5, 5.41) is 34.5. The van der Waals surface area contributed by atoms with Crippen molar-refractivity contribution in [3.05, 3.63) is 40.8 Å². The first-order valence-corrected chi connectivity index (χ1v) is 9.75. The maximum absolute atomic E-state index is 13.5. The lowest BCUT2D eigenvalue weighted by atomic mass is 9.66. The van der Waals surface area contributed by atoms with Gasteiger partial charge in [0, 0.05) is 24.3 Å². The molecular weight excluding hydrogens is 412 g/mol. The number of rotatable bonds is 6. The molecule has 0 unspecified atom stereocenters. The van der Waals surface area contributed by atoms with Crippen LogP contribution in [-0.4, -0.2) is 50.4 Å². The van der Waals surface area contributed by atoms with Crippen molar-refractivity contribution in [1.29, 1.82) is 0 Å². The van der Waals surface area contributed by atoms with Gasteiger partial charge in [0.1, 0.15) is 22.8 Å². The molecule has 160 valence electrons. The minimum absolute atomic E-state index is 0.0618. The van der Waals surface area contributed by atoms with Crippen molar-refractivity contribution in [2.75, 3.05) is 13.7 Å². The van der Waals surface area contributed by atoms with E-state index in [4.69, 9.17) is 21.4 Å². The number of aliphatic hydroxyl groups excluding tert-OH is 2. The van der Waals surface area contributed by atoms with E-state index in [1.165, 1.54) is 24.8 Å². The molecule has 3 rings (SSSR count). The van der Waals surface area contributed by atoms with Crippen LogP contribution < -0.4 is 4.74 Å². The highest BCUT2D eigenvalue weighted by Crippen LogP contribution is 2.49. The lowest BCUT2D eigenvalue weighted by Crippen LogP contribution is -2.40. The number of ether oxygens (including phenoxy) is 1. The van der Waals surface area contributed by atoms with Gasteiger partial charge in [-0.3, -0.25) is 14.3 Å². The molecule has 0 saturated carbocycles. The third-order valence-electron chi connectivity index (χ3n) is 5.69. The van der Waals surface area contributed by atoms with Crippen molar-refractivity contribution >= 4 is 23.2 Å². The van der Waals surface area contributed by atoms with Gasteiger partial charge in [-0.15, -0.1) is 0 Å². The van der Waals surface area contributed by atoms with Gasteiger partial charge in [0.2, 0.25) is 0 Å². The fraction of sp³-hybridized carbons (Fsp3) is 0.381. The van der Waals surface area contributed by atoms with Crippen molar-refractivity contribution in [1.82, 2.24) is 9.78 Å². The lowest BCUT2D eigenvalue weighted by Gasteiger charge is -2.36. The smallest absolute Gasteiger partial charge is 0.184 e. The summed E-state index contributed by atoms with van der Waals surface area (Å²) in [6.45, 7) is 3.41. The first-order chi connectivity index (χ1) is 14.1. The van der Waals surface area contributed by atoms with Crippen LogP contribution in [0.2, 0.25) is 5.02 Å². The average Bonchev–Trinajstić information content (AvgIpc) is 3.16. The van der Waals surface area contributed by atoms with Gasteiger partial charge in [-0.05, 0) is 25.0 Å². The van der Waals surface area contributed by atoms with Gasteiger partial charge in [-0.25, -0.2) is 0 Å². The number of aliphatic hydroxyl groups is 2. The number of Topliss-reactive ketones (excluding diaryl/α,β-unsaturated/α-hetero) is 1. The minimum atomic E-state index is -1.42. The third-order valence-corrected chi connectivity index (χ3v) is 6.07. The molecule has 0 saturated heterocycles. The van der Waals surface area contributed by atoms with Crippen molar-refractivity contribution in [2.45, 2.75) is 26.8 Å². The summed E-state index contributed by atoms with van der Waals surface area (Å²) in [5.74, 6) is -2.17. The van der Waals surface area contributed by atoms with Crippen LogP contribution in [0.25, 0.3) is 11.3 Å². The molecule has 30 heavy (non-hydrogen) atoms. The zero-order valence-electron chi connectivity index (χ0n) is 16.8. The molecule has 0 fully saturated rings. The fourth-order valence-electron chi connectivity index (χ4n) is 3.64. The summed E-state index contributed by atoms with van der Waals surface area (Å²) in [4.78, 5) is 25.2. The molecule has 0 bridgehead atoms. The largest absolute Gasteiger partial charge is 0.511 e. The molecule has 1 aromatic heterocycles. The summed E-state index contributed by atoms with van der Waals surface area (Å²) < 4.78 is 6.88. The Balaban J connectivity index is 2.14. The van der Waals surface area contributed by atoms with Crippen LogP contribution in [0.4, 0.5) is 0 Å². The fourth-order valence-corrected chi connectivity index (χ4v) is 3.89. The van der Waals surface area contributed by atoms with Crippen LogP contribution in [0.15, 0.2) is 30.2 Å². The van der Waals surface area contributed by atoms with E-state index in [0.717, 1.165) is 6.08 Å². The summed E-state index contributed by atoms with van der Waals surface area (Å²) in [7, 11) is 1.35. The summed E-state index contributed by atoms with van der Waals surface area (Å²) in [6, 6.07) is 3.14. The number of carbonyl (C=O) groups is 2. The number of phenols is 1. The number of methoxy groups -OCH3 is 1. The van der Waals surface area contributed by atoms with Crippen molar-refractivity contribution in [3.8, 4) is 22.8 Å². The number of ketones is 2. The zero-order chi connectivity index (χ0) is 22.2. The van der Waals surface area contributed by atoms with Crippen LogP contribution in [0, 0.1) is 11.3 Å². The number of allylic oxidation sites excluding steroid dienone is 2. The Bertz CT molecular complexity index is 1040. The highest BCUT2D eigenvalue weighted by Gasteiger charge is 2.48. The van der Waals surface area contributed by atoms with Crippen LogP contribution in [0.5, 0.6) is 11.5 Å².